The molecular weight excluding hydrogens is 244 g/mol. The molecule has 18 heavy (non-hydrogen) atoms. The lowest BCUT2D eigenvalue weighted by atomic mass is 10.1. The Bertz CT molecular complexity index is 563. The number of nitrogens with zero attached hydrogens (tertiary/aromatic N) is 1. The summed E-state index contributed by atoms with van der Waals surface area (Å²) < 4.78 is 0. The number of nitrogens with one attached hydrogen (secondary N) is 1. The molecule has 2 aromatic rings. The fourth-order valence-electron chi connectivity index (χ4n) is 1.96. The third-order valence-electron chi connectivity index (χ3n) is 2.94. The predicted octanol–water partition coefficient (Wildman–Crippen LogP) is 3.95. The zero-order valence-electron chi connectivity index (χ0n) is 11.1. The van der Waals surface area contributed by atoms with Gasteiger partial charge in [0.2, 0.25) is 0 Å². The normalized spacial score (nSPS) is 12.4. The van der Waals surface area contributed by atoms with E-state index in [9.17, 15) is 5.11 Å². The number of anilines is 1. The molecule has 3 nitrogen and oxygen atoms in total. The molecule has 0 aliphatic heterocycles. The number of phenols is 1. The predicted molar refractivity (Wildman–Crippen MR) is 76.5 cm³/mol. The highest BCUT2D eigenvalue weighted by Gasteiger charge is 2.13. The van der Waals surface area contributed by atoms with E-state index < -0.39 is 0 Å². The van der Waals surface area contributed by atoms with Gasteiger partial charge in [0.1, 0.15) is 5.75 Å². The minimum atomic E-state index is 0.136. The van der Waals surface area contributed by atoms with Crippen molar-refractivity contribution in [2.45, 2.75) is 33.7 Å². The summed E-state index contributed by atoms with van der Waals surface area (Å²) in [5.74, 6) is 0.318. The summed E-state index contributed by atoms with van der Waals surface area (Å²) in [7, 11) is 0. The van der Waals surface area contributed by atoms with Gasteiger partial charge >= 0.3 is 0 Å². The summed E-state index contributed by atoms with van der Waals surface area (Å²) in [5, 5.41) is 14.1. The number of aromatic nitrogens is 1. The molecule has 0 aliphatic rings. The lowest BCUT2D eigenvalue weighted by molar-refractivity contribution is 0.471. The van der Waals surface area contributed by atoms with Crippen LogP contribution in [0.15, 0.2) is 18.2 Å². The summed E-state index contributed by atoms with van der Waals surface area (Å²) in [6.45, 7) is 8.07. The first-order valence-electron chi connectivity index (χ1n) is 5.97. The zero-order valence-corrected chi connectivity index (χ0v) is 11.9. The minimum absolute atomic E-state index is 0.136. The van der Waals surface area contributed by atoms with Gasteiger partial charge < -0.3 is 10.4 Å². The Morgan fingerprint density at radius 1 is 1.28 bits per heavy atom. The molecule has 0 saturated carbocycles. The minimum Gasteiger partial charge on any atom is -0.508 e. The van der Waals surface area contributed by atoms with Crippen LogP contribution in [0.5, 0.6) is 5.75 Å². The summed E-state index contributed by atoms with van der Waals surface area (Å²) >= 11 is 1.71. The highest BCUT2D eigenvalue weighted by atomic mass is 32.1. The zero-order chi connectivity index (χ0) is 13.3. The van der Waals surface area contributed by atoms with Crippen molar-refractivity contribution in [2.75, 3.05) is 5.32 Å². The van der Waals surface area contributed by atoms with Crippen LogP contribution in [0.25, 0.3) is 0 Å². The maximum absolute atomic E-state index is 9.69. The summed E-state index contributed by atoms with van der Waals surface area (Å²) in [5.41, 5.74) is 2.88. The molecule has 0 amide bonds. The molecule has 1 aromatic heterocycles. The van der Waals surface area contributed by atoms with Gasteiger partial charge in [-0.2, -0.15) is 0 Å². The second-order valence-corrected chi connectivity index (χ2v) is 5.95. The second kappa shape index (κ2) is 4.98. The fourth-order valence-corrected chi connectivity index (χ4v) is 2.88. The number of rotatable bonds is 3. The highest BCUT2D eigenvalue weighted by Crippen LogP contribution is 2.27. The van der Waals surface area contributed by atoms with Crippen molar-refractivity contribution < 1.29 is 5.11 Å². The number of hydrogen-bond donors (Lipinski definition) is 2. The van der Waals surface area contributed by atoms with Crippen molar-refractivity contribution in [2.24, 2.45) is 0 Å². The van der Waals surface area contributed by atoms with E-state index in [0.29, 0.717) is 5.75 Å². The molecule has 96 valence electrons. The molecule has 4 heteroatoms. The number of aryl methyl sites for hydroxylation is 3. The van der Waals surface area contributed by atoms with Crippen LogP contribution in [-0.2, 0) is 0 Å². The third kappa shape index (κ3) is 2.64. The van der Waals surface area contributed by atoms with Crippen LogP contribution in [0.2, 0.25) is 0 Å². The molecule has 1 unspecified atom stereocenters. The Morgan fingerprint density at radius 2 is 2.00 bits per heavy atom. The Labute approximate surface area is 112 Å². The van der Waals surface area contributed by atoms with Crippen LogP contribution in [0, 0.1) is 20.8 Å². The van der Waals surface area contributed by atoms with Crippen LogP contribution >= 0.6 is 11.3 Å². The van der Waals surface area contributed by atoms with Crippen molar-refractivity contribution >= 4 is 17.0 Å². The van der Waals surface area contributed by atoms with E-state index in [2.05, 4.69) is 24.1 Å². The smallest absolute Gasteiger partial charge is 0.120 e. The average Bonchev–Trinajstić information content (AvgIpc) is 2.63. The molecular formula is C14H18N2OS. The maximum atomic E-state index is 9.69. The van der Waals surface area contributed by atoms with Crippen molar-refractivity contribution in [1.82, 2.24) is 4.98 Å². The highest BCUT2D eigenvalue weighted by molar-refractivity contribution is 7.11. The first-order valence-corrected chi connectivity index (χ1v) is 6.79. The van der Waals surface area contributed by atoms with Gasteiger partial charge in [-0.05, 0) is 39.3 Å². The molecule has 0 spiro atoms. The van der Waals surface area contributed by atoms with Gasteiger partial charge in [-0.1, -0.05) is 6.07 Å². The average molecular weight is 262 g/mol. The number of phenolic OH excluding ortho intramolecular Hbond substituents is 1. The topological polar surface area (TPSA) is 45.2 Å². The van der Waals surface area contributed by atoms with E-state index in [-0.39, 0.29) is 6.04 Å². The molecule has 1 atom stereocenters. The Kier molecular flexibility index (Phi) is 3.57. The first-order chi connectivity index (χ1) is 8.47. The Hall–Kier alpha value is -1.55. The standard InChI is InChI=1S/C14H18N2OS/c1-8-5-6-12(7-13(8)17)15-9(2)14-10(3)18-11(4)16-14/h5-7,9,15,17H,1-4H3. The quantitative estimate of drug-likeness (QED) is 0.880. The maximum Gasteiger partial charge on any atom is 0.120 e. The van der Waals surface area contributed by atoms with Gasteiger partial charge in [0.15, 0.2) is 0 Å². The van der Waals surface area contributed by atoms with Crippen LogP contribution in [0.3, 0.4) is 0 Å². The molecule has 2 rings (SSSR count). The monoisotopic (exact) mass is 262 g/mol. The summed E-state index contributed by atoms with van der Waals surface area (Å²) in [6, 6.07) is 5.77. The lowest BCUT2D eigenvalue weighted by Gasteiger charge is -2.15. The number of thiazole rings is 1. The molecule has 1 aromatic carbocycles. The van der Waals surface area contributed by atoms with E-state index in [1.807, 2.05) is 26.0 Å². The van der Waals surface area contributed by atoms with Crippen LogP contribution in [0.4, 0.5) is 5.69 Å². The number of benzene rings is 1. The van der Waals surface area contributed by atoms with Gasteiger partial charge in [0.25, 0.3) is 0 Å². The van der Waals surface area contributed by atoms with Crippen molar-refractivity contribution in [3.8, 4) is 5.75 Å². The molecule has 0 radical (unpaired) electrons. The van der Waals surface area contributed by atoms with Crippen molar-refractivity contribution in [1.29, 1.82) is 0 Å². The SMILES string of the molecule is Cc1nc(C(C)Nc2ccc(C)c(O)c2)c(C)s1. The summed E-state index contributed by atoms with van der Waals surface area (Å²) in [6.07, 6.45) is 0. The van der Waals surface area contributed by atoms with E-state index in [1.165, 1.54) is 4.88 Å². The molecule has 0 bridgehead atoms. The van der Waals surface area contributed by atoms with Crippen LogP contribution in [0.1, 0.15) is 34.1 Å². The van der Waals surface area contributed by atoms with Crippen LogP contribution in [-0.4, -0.2) is 10.1 Å². The van der Waals surface area contributed by atoms with Crippen molar-refractivity contribution in [3.63, 3.8) is 0 Å². The van der Waals surface area contributed by atoms with E-state index in [0.717, 1.165) is 22.0 Å². The second-order valence-electron chi connectivity index (χ2n) is 4.54. The van der Waals surface area contributed by atoms with Gasteiger partial charge in [-0.25, -0.2) is 4.98 Å². The van der Waals surface area contributed by atoms with Crippen LogP contribution < -0.4 is 5.32 Å². The Morgan fingerprint density at radius 3 is 2.56 bits per heavy atom. The number of hydrogen-bond acceptors (Lipinski definition) is 4. The summed E-state index contributed by atoms with van der Waals surface area (Å²) in [4.78, 5) is 5.78. The third-order valence-corrected chi connectivity index (χ3v) is 3.84. The molecule has 2 N–H and O–H groups in total. The van der Waals surface area contributed by atoms with E-state index in [4.69, 9.17) is 0 Å². The fraction of sp³-hybridized carbons (Fsp3) is 0.357. The van der Waals surface area contributed by atoms with Gasteiger partial charge in [-0.15, -0.1) is 11.3 Å². The van der Waals surface area contributed by atoms with Gasteiger partial charge in [-0.3, -0.25) is 0 Å². The van der Waals surface area contributed by atoms with Gasteiger partial charge in [0, 0.05) is 16.6 Å². The van der Waals surface area contributed by atoms with E-state index in [1.54, 1.807) is 17.4 Å². The lowest BCUT2D eigenvalue weighted by Crippen LogP contribution is -2.08. The first kappa shape index (κ1) is 12.9. The molecule has 0 aliphatic carbocycles. The molecule has 1 heterocycles. The molecule has 0 saturated heterocycles. The largest absolute Gasteiger partial charge is 0.508 e. The van der Waals surface area contributed by atoms with Gasteiger partial charge in [0.05, 0.1) is 16.7 Å². The Balaban J connectivity index is 2.18. The van der Waals surface area contributed by atoms with E-state index >= 15 is 0 Å². The number of aromatic hydroxyl groups is 1. The van der Waals surface area contributed by atoms with Crippen molar-refractivity contribution in [3.05, 3.63) is 39.3 Å². The molecule has 0 fully saturated rings.